The summed E-state index contributed by atoms with van der Waals surface area (Å²) < 4.78 is 21.4. The van der Waals surface area contributed by atoms with Gasteiger partial charge in [0.25, 0.3) is 0 Å². The van der Waals surface area contributed by atoms with Crippen LogP contribution in [0.4, 0.5) is 0 Å². The third-order valence-electron chi connectivity index (χ3n) is 4.66. The van der Waals surface area contributed by atoms with Crippen LogP contribution in [0, 0.1) is 5.92 Å². The zero-order chi connectivity index (χ0) is 21.2. The highest BCUT2D eigenvalue weighted by atomic mass is 16.7. The van der Waals surface area contributed by atoms with Gasteiger partial charge in [0.2, 0.25) is 12.0 Å². The molecule has 0 amide bonds. The van der Waals surface area contributed by atoms with Crippen LogP contribution in [0.3, 0.4) is 0 Å². The van der Waals surface area contributed by atoms with Crippen molar-refractivity contribution in [3.8, 4) is 0 Å². The number of rotatable bonds is 10. The first-order valence-electron chi connectivity index (χ1n) is 9.62. The largest absolute Gasteiger partial charge is 0.465 e. The Morgan fingerprint density at radius 3 is 2.55 bits per heavy atom. The first-order valence-corrected chi connectivity index (χ1v) is 9.62. The minimum absolute atomic E-state index is 0.0429. The van der Waals surface area contributed by atoms with E-state index in [4.69, 9.17) is 18.9 Å². The van der Waals surface area contributed by atoms with Crippen LogP contribution in [-0.2, 0) is 23.7 Å². The highest BCUT2D eigenvalue weighted by Crippen LogP contribution is 2.39. The van der Waals surface area contributed by atoms with Gasteiger partial charge in [0, 0.05) is 25.0 Å². The van der Waals surface area contributed by atoms with Gasteiger partial charge in [-0.1, -0.05) is 24.8 Å². The van der Waals surface area contributed by atoms with Crippen molar-refractivity contribution in [3.63, 3.8) is 0 Å². The van der Waals surface area contributed by atoms with E-state index in [0.29, 0.717) is 25.0 Å². The van der Waals surface area contributed by atoms with Crippen LogP contribution < -0.4 is 0 Å². The van der Waals surface area contributed by atoms with Crippen molar-refractivity contribution < 1.29 is 33.6 Å². The predicted molar refractivity (Wildman–Crippen MR) is 106 cm³/mol. The molecule has 158 valence electrons. The molecule has 1 heterocycles. The van der Waals surface area contributed by atoms with Crippen LogP contribution in [0.5, 0.6) is 0 Å². The van der Waals surface area contributed by atoms with Gasteiger partial charge >= 0.3 is 11.9 Å². The smallest absolute Gasteiger partial charge is 0.373 e. The number of carbonyl (C=O) groups excluding carboxylic acids is 2. The SMILES string of the molecule is C=CCOC(=O)C1=C[C@H](c2ccc(C(=O)OC)cc2)[C@@H](CCCO)[C@H](OCC)O1. The number of ether oxygens (including phenoxy) is 4. The molecule has 0 bridgehead atoms. The molecule has 0 unspecified atom stereocenters. The average Bonchev–Trinajstić information content (AvgIpc) is 2.75. The van der Waals surface area contributed by atoms with Gasteiger partial charge in [-0.05, 0) is 43.5 Å². The standard InChI is InChI=1S/C22H28O7/c1-4-13-28-21(25)19-14-18(15-8-10-16(11-9-15)20(24)26-3)17(7-6-12-23)22(29-19)27-5-2/h4,8-11,14,17-18,22-23H,1,5-7,12-13H2,2-3H3/t17-,18-,22-/m1/s1. The molecule has 2 rings (SSSR count). The molecule has 1 aliphatic rings. The number of aliphatic hydroxyl groups excluding tert-OH is 1. The zero-order valence-electron chi connectivity index (χ0n) is 16.8. The minimum Gasteiger partial charge on any atom is -0.465 e. The molecule has 0 radical (unpaired) electrons. The Kier molecular flexibility index (Phi) is 8.89. The van der Waals surface area contributed by atoms with Crippen molar-refractivity contribution in [1.29, 1.82) is 0 Å². The summed E-state index contributed by atoms with van der Waals surface area (Å²) in [6.07, 6.45) is 3.74. The molecular formula is C22H28O7. The Hall–Kier alpha value is -2.64. The third kappa shape index (κ3) is 5.92. The van der Waals surface area contributed by atoms with E-state index in [1.165, 1.54) is 13.2 Å². The van der Waals surface area contributed by atoms with Crippen LogP contribution in [0.15, 0.2) is 48.8 Å². The molecule has 0 saturated heterocycles. The highest BCUT2D eigenvalue weighted by molar-refractivity contribution is 5.89. The first-order chi connectivity index (χ1) is 14.0. The van der Waals surface area contributed by atoms with Gasteiger partial charge in [0.1, 0.15) is 6.61 Å². The summed E-state index contributed by atoms with van der Waals surface area (Å²) in [5.41, 5.74) is 1.33. The van der Waals surface area contributed by atoms with Crippen LogP contribution in [0.1, 0.15) is 41.6 Å². The molecular weight excluding hydrogens is 376 g/mol. The maximum absolute atomic E-state index is 12.4. The van der Waals surface area contributed by atoms with E-state index in [0.717, 1.165) is 5.56 Å². The average molecular weight is 404 g/mol. The highest BCUT2D eigenvalue weighted by Gasteiger charge is 2.38. The summed E-state index contributed by atoms with van der Waals surface area (Å²) in [7, 11) is 1.33. The lowest BCUT2D eigenvalue weighted by atomic mass is 9.80. The van der Waals surface area contributed by atoms with Crippen LogP contribution in [0.2, 0.25) is 0 Å². The molecule has 1 aliphatic heterocycles. The van der Waals surface area contributed by atoms with Gasteiger partial charge in [0.05, 0.1) is 12.7 Å². The fraction of sp³-hybridized carbons (Fsp3) is 0.455. The molecule has 1 aromatic carbocycles. The molecule has 7 heteroatoms. The molecule has 0 aromatic heterocycles. The monoisotopic (exact) mass is 404 g/mol. The van der Waals surface area contributed by atoms with E-state index < -0.39 is 18.2 Å². The van der Waals surface area contributed by atoms with Crippen molar-refractivity contribution in [2.45, 2.75) is 32.0 Å². The Balaban J connectivity index is 2.39. The van der Waals surface area contributed by atoms with Gasteiger partial charge in [-0.15, -0.1) is 0 Å². The Bertz CT molecular complexity index is 723. The Morgan fingerprint density at radius 2 is 1.97 bits per heavy atom. The van der Waals surface area contributed by atoms with Crippen molar-refractivity contribution in [2.75, 3.05) is 26.9 Å². The van der Waals surface area contributed by atoms with Crippen LogP contribution in [0.25, 0.3) is 0 Å². The van der Waals surface area contributed by atoms with E-state index in [1.807, 2.05) is 19.1 Å². The van der Waals surface area contributed by atoms with Gasteiger partial charge in [-0.2, -0.15) is 0 Å². The lowest BCUT2D eigenvalue weighted by Crippen LogP contribution is -2.36. The molecule has 0 saturated carbocycles. The molecule has 29 heavy (non-hydrogen) atoms. The summed E-state index contributed by atoms with van der Waals surface area (Å²) >= 11 is 0. The summed E-state index contributed by atoms with van der Waals surface area (Å²) in [5, 5.41) is 9.30. The predicted octanol–water partition coefficient (Wildman–Crippen LogP) is 2.95. The first kappa shape index (κ1) is 22.6. The quantitative estimate of drug-likeness (QED) is 0.473. The second-order valence-electron chi connectivity index (χ2n) is 6.53. The van der Waals surface area contributed by atoms with E-state index in [9.17, 15) is 14.7 Å². The summed E-state index contributed by atoms with van der Waals surface area (Å²) in [4.78, 5) is 24.1. The lowest BCUT2D eigenvalue weighted by molar-refractivity contribution is -0.175. The van der Waals surface area contributed by atoms with Crippen LogP contribution in [-0.4, -0.2) is 50.3 Å². The number of hydrogen-bond acceptors (Lipinski definition) is 7. The topological polar surface area (TPSA) is 91.3 Å². The van der Waals surface area contributed by atoms with Gasteiger partial charge < -0.3 is 24.1 Å². The Labute approximate surface area is 170 Å². The number of aliphatic hydroxyl groups is 1. The Morgan fingerprint density at radius 1 is 1.24 bits per heavy atom. The summed E-state index contributed by atoms with van der Waals surface area (Å²) in [6.45, 7) is 5.91. The maximum atomic E-state index is 12.4. The van der Waals surface area contributed by atoms with Crippen molar-refractivity contribution in [1.82, 2.24) is 0 Å². The molecule has 0 spiro atoms. The molecule has 7 nitrogen and oxygen atoms in total. The number of hydrogen-bond donors (Lipinski definition) is 1. The van der Waals surface area contributed by atoms with Crippen LogP contribution >= 0.6 is 0 Å². The molecule has 1 N–H and O–H groups in total. The van der Waals surface area contributed by atoms with Crippen molar-refractivity contribution >= 4 is 11.9 Å². The number of allylic oxidation sites excluding steroid dienone is 1. The number of benzene rings is 1. The molecule has 0 fully saturated rings. The normalized spacial score (nSPS) is 20.9. The van der Waals surface area contributed by atoms with E-state index in [-0.39, 0.29) is 30.8 Å². The summed E-state index contributed by atoms with van der Waals surface area (Å²) in [6, 6.07) is 7.00. The number of esters is 2. The van der Waals surface area contributed by atoms with E-state index >= 15 is 0 Å². The minimum atomic E-state index is -0.659. The molecule has 1 aromatic rings. The fourth-order valence-electron chi connectivity index (χ4n) is 3.30. The van der Waals surface area contributed by atoms with Crippen molar-refractivity contribution in [3.05, 3.63) is 59.9 Å². The maximum Gasteiger partial charge on any atom is 0.373 e. The number of methoxy groups -OCH3 is 1. The molecule has 3 atom stereocenters. The van der Waals surface area contributed by atoms with E-state index in [1.54, 1.807) is 18.2 Å². The van der Waals surface area contributed by atoms with Gasteiger partial charge in [-0.25, -0.2) is 9.59 Å². The lowest BCUT2D eigenvalue weighted by Gasteiger charge is -2.36. The van der Waals surface area contributed by atoms with Gasteiger partial charge in [-0.3, -0.25) is 0 Å². The zero-order valence-corrected chi connectivity index (χ0v) is 16.8. The molecule has 0 aliphatic carbocycles. The second-order valence-corrected chi connectivity index (χ2v) is 6.53. The van der Waals surface area contributed by atoms with E-state index in [2.05, 4.69) is 6.58 Å². The van der Waals surface area contributed by atoms with Crippen molar-refractivity contribution in [2.24, 2.45) is 5.92 Å². The van der Waals surface area contributed by atoms with Gasteiger partial charge in [0.15, 0.2) is 0 Å². The third-order valence-corrected chi connectivity index (χ3v) is 4.66. The summed E-state index contributed by atoms with van der Waals surface area (Å²) in [5.74, 6) is -1.28. The fourth-order valence-corrected chi connectivity index (χ4v) is 3.30. The number of carbonyl (C=O) groups is 2. The second kappa shape index (κ2) is 11.4.